The van der Waals surface area contributed by atoms with E-state index in [-0.39, 0.29) is 18.2 Å². The fourth-order valence-corrected chi connectivity index (χ4v) is 0.794. The fraction of sp³-hybridized carbons (Fsp3) is 0.571. The maximum absolute atomic E-state index is 9.03. The molecule has 1 aromatic heterocycles. The molecular formula is C7H13BrMgN2O. The molecule has 0 aliphatic carbocycles. The van der Waals surface area contributed by atoms with Crippen LogP contribution < -0.4 is 0 Å². The molecule has 0 aliphatic heterocycles. The van der Waals surface area contributed by atoms with Crippen molar-refractivity contribution in [2.45, 2.75) is 18.1 Å². The molecule has 0 aromatic carbocycles. The van der Waals surface area contributed by atoms with Crippen LogP contribution in [0.3, 0.4) is 0 Å². The Morgan fingerprint density at radius 3 is 2.42 bits per heavy atom. The van der Waals surface area contributed by atoms with E-state index in [1.165, 1.54) is 0 Å². The summed E-state index contributed by atoms with van der Waals surface area (Å²) in [4.78, 5) is 0. The van der Waals surface area contributed by atoms with E-state index in [1.54, 1.807) is 23.9 Å². The minimum absolute atomic E-state index is 0.229. The summed E-state index contributed by atoms with van der Waals surface area (Å²) in [6, 6.07) is 1.80. The number of aliphatic hydroxyl groups is 1. The first kappa shape index (κ1) is 12.4. The van der Waals surface area contributed by atoms with Crippen LogP contribution in [-0.2, 0) is 7.05 Å². The quantitative estimate of drug-likeness (QED) is 0.762. The smallest absolute Gasteiger partial charge is 0.387 e. The van der Waals surface area contributed by atoms with Gasteiger partial charge in [-0.1, -0.05) is 0 Å². The molecule has 5 heteroatoms. The van der Waals surface area contributed by atoms with Gasteiger partial charge < -0.3 is 18.0 Å². The number of aromatic nitrogens is 2. The summed E-state index contributed by atoms with van der Waals surface area (Å²) in [7, 11) is 1.81. The van der Waals surface area contributed by atoms with Crippen molar-refractivity contribution in [3.63, 3.8) is 0 Å². The summed E-state index contributed by atoms with van der Waals surface area (Å²) in [5.74, 6) is 0. The number of nitrogens with zero attached hydrogens (tertiary/aromatic N) is 2. The van der Waals surface area contributed by atoms with Gasteiger partial charge in [0.1, 0.15) is 0 Å². The zero-order chi connectivity index (χ0) is 9.56. The lowest BCUT2D eigenvalue weighted by molar-refractivity contribution is 0.189. The Balaban J connectivity index is 0.000000354. The SMILES string of the molecule is CC(O)c1ccnn1C.[CH3][Mg][Br]. The Kier molecular flexibility index (Phi) is 7.12. The first-order valence-electron chi connectivity index (χ1n) is 3.85. The molecule has 66 valence electrons. The average molecular weight is 245 g/mol. The van der Waals surface area contributed by atoms with Gasteiger partial charge in [-0.15, -0.1) is 5.05 Å². The lowest BCUT2D eigenvalue weighted by atomic mass is 10.3. The van der Waals surface area contributed by atoms with Crippen molar-refractivity contribution in [1.29, 1.82) is 0 Å². The molecule has 1 aromatic rings. The third kappa shape index (κ3) is 4.44. The van der Waals surface area contributed by atoms with Crippen LogP contribution in [0.1, 0.15) is 18.7 Å². The van der Waals surface area contributed by atoms with E-state index in [9.17, 15) is 0 Å². The summed E-state index contributed by atoms with van der Waals surface area (Å²) < 4.78 is 1.66. The van der Waals surface area contributed by atoms with Crippen molar-refractivity contribution in [3.05, 3.63) is 18.0 Å². The van der Waals surface area contributed by atoms with Crippen LogP contribution in [0.15, 0.2) is 12.3 Å². The molecule has 1 N–H and O–H groups in total. The third-order valence-electron chi connectivity index (χ3n) is 1.29. The highest BCUT2D eigenvalue weighted by atomic mass is 79.9. The van der Waals surface area contributed by atoms with Gasteiger partial charge in [-0.3, -0.25) is 4.68 Å². The van der Waals surface area contributed by atoms with Gasteiger partial charge in [0.15, 0.2) is 0 Å². The van der Waals surface area contributed by atoms with Gasteiger partial charge in [-0.2, -0.15) is 5.10 Å². The summed E-state index contributed by atoms with van der Waals surface area (Å²) >= 11 is 3.51. The minimum atomic E-state index is -0.419. The second-order valence-electron chi connectivity index (χ2n) is 2.32. The van der Waals surface area contributed by atoms with Crippen molar-refractivity contribution in [2.75, 3.05) is 0 Å². The zero-order valence-corrected chi connectivity index (χ0v) is 10.7. The van der Waals surface area contributed by atoms with Crippen molar-refractivity contribution in [3.8, 4) is 0 Å². The molecule has 12 heavy (non-hydrogen) atoms. The Morgan fingerprint density at radius 1 is 1.75 bits per heavy atom. The summed E-state index contributed by atoms with van der Waals surface area (Å²) in [5.41, 5.74) is 0.843. The van der Waals surface area contributed by atoms with Crippen LogP contribution >= 0.6 is 12.9 Å². The van der Waals surface area contributed by atoms with Gasteiger partial charge in [0.2, 0.25) is 0 Å². The molecule has 0 fully saturated rings. The van der Waals surface area contributed by atoms with Gasteiger partial charge in [0.25, 0.3) is 0 Å². The van der Waals surface area contributed by atoms with Gasteiger partial charge in [-0.05, 0) is 13.0 Å². The number of rotatable bonds is 1. The molecule has 1 unspecified atom stereocenters. The van der Waals surface area contributed by atoms with Crippen LogP contribution in [0.2, 0.25) is 5.05 Å². The predicted molar refractivity (Wildman–Crippen MR) is 54.4 cm³/mol. The van der Waals surface area contributed by atoms with Crippen molar-refractivity contribution < 1.29 is 5.11 Å². The van der Waals surface area contributed by atoms with Gasteiger partial charge in [0.05, 0.1) is 11.8 Å². The molecule has 1 heterocycles. The minimum Gasteiger partial charge on any atom is -0.387 e. The lowest BCUT2D eigenvalue weighted by Crippen LogP contribution is -2.00. The standard InChI is InChI=1S/C6H10N2O.CH3.BrH.Mg/c1-5(9)6-3-4-7-8(6)2;;;/h3-5,9H,1-2H3;1H3;1H;/q;;;+1/p-1. The molecular weight excluding hydrogens is 232 g/mol. The Labute approximate surface area is 88.7 Å². The van der Waals surface area contributed by atoms with Gasteiger partial charge in [-0.25, -0.2) is 0 Å². The Morgan fingerprint density at radius 2 is 2.25 bits per heavy atom. The van der Waals surface area contributed by atoms with E-state index >= 15 is 0 Å². The van der Waals surface area contributed by atoms with E-state index < -0.39 is 6.10 Å². The monoisotopic (exact) mass is 244 g/mol. The maximum Gasteiger partial charge on any atom is 0.465 e. The van der Waals surface area contributed by atoms with Crippen LogP contribution in [0.5, 0.6) is 0 Å². The van der Waals surface area contributed by atoms with Crippen LogP contribution in [0.4, 0.5) is 0 Å². The van der Waals surface area contributed by atoms with Crippen LogP contribution in [0, 0.1) is 0 Å². The molecule has 3 nitrogen and oxygen atoms in total. The van der Waals surface area contributed by atoms with E-state index in [0.29, 0.717) is 0 Å². The molecule has 0 saturated carbocycles. The second kappa shape index (κ2) is 6.88. The lowest BCUT2D eigenvalue weighted by Gasteiger charge is -2.02. The molecule has 0 spiro atoms. The van der Waals surface area contributed by atoms with Crippen molar-refractivity contribution >= 4 is 31.1 Å². The third-order valence-corrected chi connectivity index (χ3v) is 1.29. The van der Waals surface area contributed by atoms with Gasteiger partial charge >= 0.3 is 18.2 Å². The summed E-state index contributed by atoms with van der Waals surface area (Å²) in [6.45, 7) is 1.72. The largest absolute Gasteiger partial charge is 0.465 e. The maximum atomic E-state index is 9.03. The van der Waals surface area contributed by atoms with E-state index in [2.05, 4.69) is 23.0 Å². The topological polar surface area (TPSA) is 38.1 Å². The van der Waals surface area contributed by atoms with Gasteiger partial charge in [0, 0.05) is 13.2 Å². The molecule has 1 atom stereocenters. The van der Waals surface area contributed by atoms with Crippen molar-refractivity contribution in [1.82, 2.24) is 9.78 Å². The van der Waals surface area contributed by atoms with Crippen molar-refractivity contribution in [2.24, 2.45) is 7.05 Å². The van der Waals surface area contributed by atoms with E-state index in [4.69, 9.17) is 5.11 Å². The molecule has 0 radical (unpaired) electrons. The Hall–Kier alpha value is 0.416. The molecule has 0 amide bonds. The average Bonchev–Trinajstić information content (AvgIpc) is 2.36. The van der Waals surface area contributed by atoms with Crippen LogP contribution in [-0.4, -0.2) is 33.1 Å². The first-order chi connectivity index (χ1) is 5.63. The number of hydrogen-bond acceptors (Lipinski definition) is 2. The first-order valence-corrected chi connectivity index (χ1v) is 9.16. The van der Waals surface area contributed by atoms with Crippen LogP contribution in [0.25, 0.3) is 0 Å². The molecule has 0 aliphatic rings. The number of halogens is 1. The Bertz CT molecular complexity index is 215. The normalized spacial score (nSPS) is 11.1. The van der Waals surface area contributed by atoms with E-state index in [1.807, 2.05) is 7.05 Å². The molecule has 0 saturated heterocycles. The number of hydrogen-bond donors (Lipinski definition) is 1. The fourth-order valence-electron chi connectivity index (χ4n) is 0.794. The zero-order valence-electron chi connectivity index (χ0n) is 7.66. The highest BCUT2D eigenvalue weighted by molar-refractivity contribution is 9.23. The number of aliphatic hydroxyl groups excluding tert-OH is 1. The second-order valence-corrected chi connectivity index (χ2v) is 6.22. The molecule has 1 rings (SSSR count). The summed E-state index contributed by atoms with van der Waals surface area (Å²) in [5, 5.41) is 15.1. The predicted octanol–water partition coefficient (Wildman–Crippen LogP) is 1.52. The number of aryl methyl sites for hydroxylation is 1. The summed E-state index contributed by atoms with van der Waals surface area (Å²) in [6.07, 6.45) is 1.25. The van der Waals surface area contributed by atoms with E-state index in [0.717, 1.165) is 5.69 Å². The highest BCUT2D eigenvalue weighted by Crippen LogP contribution is 2.07. The highest BCUT2D eigenvalue weighted by Gasteiger charge is 2.02. The molecule has 0 bridgehead atoms.